The molecule has 1 aromatic rings. The molecule has 10 nitrogen and oxygen atoms in total. The first-order valence-electron chi connectivity index (χ1n) is 12.8. The molecular formula is C24H47N9O. The fourth-order valence-corrected chi connectivity index (χ4v) is 4.35. The van der Waals surface area contributed by atoms with Crippen molar-refractivity contribution >= 4 is 0 Å². The van der Waals surface area contributed by atoms with Crippen molar-refractivity contribution in [1.29, 1.82) is 0 Å². The molecule has 3 aliphatic rings. The molecular weight excluding hydrogens is 430 g/mol. The van der Waals surface area contributed by atoms with Crippen LogP contribution in [0.15, 0.2) is 24.3 Å². The molecule has 194 valence electrons. The molecule has 0 saturated carbocycles. The summed E-state index contributed by atoms with van der Waals surface area (Å²) in [6.07, 6.45) is 0.868. The summed E-state index contributed by atoms with van der Waals surface area (Å²) in [6, 6.07) is 8.36. The fourth-order valence-electron chi connectivity index (χ4n) is 4.35. The van der Waals surface area contributed by atoms with Crippen molar-refractivity contribution in [2.24, 2.45) is 11.5 Å². The predicted molar refractivity (Wildman–Crippen MR) is 139 cm³/mol. The Morgan fingerprint density at radius 1 is 0.735 bits per heavy atom. The average Bonchev–Trinajstić information content (AvgIpc) is 2.84. The van der Waals surface area contributed by atoms with E-state index >= 15 is 0 Å². The van der Waals surface area contributed by atoms with Gasteiger partial charge >= 0.3 is 0 Å². The lowest BCUT2D eigenvalue weighted by Crippen LogP contribution is -2.66. The molecule has 11 N–H and O–H groups in total. The second kappa shape index (κ2) is 14.9. The Bertz CT molecular complexity index is 629. The summed E-state index contributed by atoms with van der Waals surface area (Å²) < 4.78 is 5.74. The predicted octanol–water partition coefficient (Wildman–Crippen LogP) is -2.50. The van der Waals surface area contributed by atoms with E-state index in [2.05, 4.69) is 49.4 Å². The third-order valence-corrected chi connectivity index (χ3v) is 6.47. The van der Waals surface area contributed by atoms with Crippen LogP contribution in [0.1, 0.15) is 12.0 Å². The van der Waals surface area contributed by atoms with Crippen molar-refractivity contribution in [2.75, 3.05) is 91.7 Å². The Kier molecular flexibility index (Phi) is 12.0. The molecule has 2 bridgehead atoms. The van der Waals surface area contributed by atoms with Gasteiger partial charge < -0.3 is 53.4 Å². The molecule has 3 aliphatic heterocycles. The average molecular weight is 478 g/mol. The summed E-state index contributed by atoms with van der Waals surface area (Å²) in [5.74, 6) is 0.894. The van der Waals surface area contributed by atoms with Crippen LogP contribution in [-0.4, -0.2) is 103 Å². The van der Waals surface area contributed by atoms with Crippen LogP contribution in [0.4, 0.5) is 0 Å². The zero-order valence-corrected chi connectivity index (χ0v) is 20.7. The number of hydrogen-bond donors (Lipinski definition) is 9. The molecule has 0 aliphatic carbocycles. The second-order valence-electron chi connectivity index (χ2n) is 9.69. The lowest BCUT2D eigenvalue weighted by molar-refractivity contribution is 0.269. The summed E-state index contributed by atoms with van der Waals surface area (Å²) in [5.41, 5.74) is 13.1. The topological polar surface area (TPSA) is 145 Å². The SMILES string of the molecule is NCCCOc1ccc(CNC23CNCCNCC(N)(CNCCNC2)CNCCNC3)cc1. The number of hydrogen-bond acceptors (Lipinski definition) is 10. The number of nitrogens with one attached hydrogen (secondary N) is 7. The zero-order valence-electron chi connectivity index (χ0n) is 20.7. The van der Waals surface area contributed by atoms with E-state index in [1.807, 2.05) is 12.1 Å². The molecule has 3 fully saturated rings. The molecule has 10 heteroatoms. The Morgan fingerprint density at radius 2 is 1.21 bits per heavy atom. The van der Waals surface area contributed by atoms with Gasteiger partial charge in [-0.05, 0) is 30.7 Å². The van der Waals surface area contributed by atoms with Gasteiger partial charge in [0.25, 0.3) is 0 Å². The maximum atomic E-state index is 6.68. The van der Waals surface area contributed by atoms with Gasteiger partial charge in [0.05, 0.1) is 17.7 Å². The van der Waals surface area contributed by atoms with Crippen LogP contribution in [0.2, 0.25) is 0 Å². The van der Waals surface area contributed by atoms with E-state index < -0.39 is 0 Å². The molecule has 0 spiro atoms. The van der Waals surface area contributed by atoms with E-state index in [0.29, 0.717) is 13.2 Å². The van der Waals surface area contributed by atoms with Crippen molar-refractivity contribution < 1.29 is 4.74 Å². The van der Waals surface area contributed by atoms with Crippen molar-refractivity contribution in [3.63, 3.8) is 0 Å². The first-order valence-corrected chi connectivity index (χ1v) is 12.8. The molecule has 34 heavy (non-hydrogen) atoms. The van der Waals surface area contributed by atoms with Gasteiger partial charge in [-0.25, -0.2) is 0 Å². The van der Waals surface area contributed by atoms with Crippen molar-refractivity contribution in [3.05, 3.63) is 29.8 Å². The smallest absolute Gasteiger partial charge is 0.119 e. The number of nitrogens with two attached hydrogens (primary N) is 2. The lowest BCUT2D eigenvalue weighted by atomic mass is 9.97. The van der Waals surface area contributed by atoms with E-state index in [4.69, 9.17) is 16.2 Å². The molecule has 1 aromatic carbocycles. The van der Waals surface area contributed by atoms with Crippen LogP contribution in [-0.2, 0) is 6.54 Å². The van der Waals surface area contributed by atoms with Gasteiger partial charge in [0.15, 0.2) is 0 Å². The molecule has 3 saturated heterocycles. The summed E-state index contributed by atoms with van der Waals surface area (Å²) >= 11 is 0. The van der Waals surface area contributed by atoms with E-state index in [-0.39, 0.29) is 11.1 Å². The van der Waals surface area contributed by atoms with Crippen LogP contribution in [0.25, 0.3) is 0 Å². The van der Waals surface area contributed by atoms with Crippen molar-refractivity contribution in [3.8, 4) is 5.75 Å². The fraction of sp³-hybridized carbons (Fsp3) is 0.750. The number of benzene rings is 1. The Balaban J connectivity index is 1.64. The van der Waals surface area contributed by atoms with Gasteiger partial charge in [-0.2, -0.15) is 0 Å². The Hall–Kier alpha value is -1.34. The first-order chi connectivity index (χ1) is 16.6. The minimum atomic E-state index is -0.301. The second-order valence-corrected chi connectivity index (χ2v) is 9.69. The normalized spacial score (nSPS) is 28.2. The maximum absolute atomic E-state index is 6.68. The largest absolute Gasteiger partial charge is 0.494 e. The van der Waals surface area contributed by atoms with Crippen LogP contribution < -0.4 is 53.4 Å². The van der Waals surface area contributed by atoms with Crippen molar-refractivity contribution in [2.45, 2.75) is 24.0 Å². The summed E-state index contributed by atoms with van der Waals surface area (Å²) in [4.78, 5) is 0. The molecule has 0 radical (unpaired) electrons. The third-order valence-electron chi connectivity index (χ3n) is 6.47. The summed E-state index contributed by atoms with van der Waals surface area (Å²) in [6.45, 7) is 12.4. The van der Waals surface area contributed by atoms with E-state index in [9.17, 15) is 0 Å². The molecule has 0 aromatic heterocycles. The highest BCUT2D eigenvalue weighted by atomic mass is 16.5. The summed E-state index contributed by atoms with van der Waals surface area (Å²) in [7, 11) is 0. The van der Waals surface area contributed by atoms with E-state index in [1.165, 1.54) is 5.56 Å². The molecule has 4 rings (SSSR count). The van der Waals surface area contributed by atoms with Gasteiger partial charge in [0.1, 0.15) is 5.75 Å². The summed E-state index contributed by atoms with van der Waals surface area (Å²) in [5, 5.41) is 25.5. The van der Waals surface area contributed by atoms with Gasteiger partial charge in [-0.3, -0.25) is 0 Å². The molecule has 3 heterocycles. The third kappa shape index (κ3) is 9.73. The Morgan fingerprint density at radius 3 is 1.68 bits per heavy atom. The van der Waals surface area contributed by atoms with Gasteiger partial charge in [-0.1, -0.05) is 12.1 Å². The zero-order chi connectivity index (χ0) is 24.0. The number of fused-ring (bicyclic) bond motifs is 15. The minimum Gasteiger partial charge on any atom is -0.494 e. The Labute approximate surface area is 205 Å². The quantitative estimate of drug-likeness (QED) is 0.193. The monoisotopic (exact) mass is 477 g/mol. The van der Waals surface area contributed by atoms with Crippen molar-refractivity contribution in [1.82, 2.24) is 37.2 Å². The first kappa shape index (κ1) is 27.3. The molecule has 0 unspecified atom stereocenters. The lowest BCUT2D eigenvalue weighted by Gasteiger charge is -2.37. The van der Waals surface area contributed by atoms with Gasteiger partial charge in [0.2, 0.25) is 0 Å². The maximum Gasteiger partial charge on any atom is 0.119 e. The van der Waals surface area contributed by atoms with Crippen LogP contribution in [0.5, 0.6) is 5.75 Å². The van der Waals surface area contributed by atoms with E-state index in [1.54, 1.807) is 0 Å². The van der Waals surface area contributed by atoms with Gasteiger partial charge in [-0.15, -0.1) is 0 Å². The van der Waals surface area contributed by atoms with E-state index in [0.717, 1.165) is 97.3 Å². The standard InChI is InChI=1S/C24H47N9O/c25-6-1-13-34-22-4-2-21(3-5-22)14-33-24-18-30-10-7-27-15-23(26,16-28-8-11-31-19-24)17-29-9-12-32-20-24/h2-5,27-33H,1,6-20,25-26H2. The minimum absolute atomic E-state index is 0.123. The van der Waals surface area contributed by atoms with Gasteiger partial charge in [0, 0.05) is 85.1 Å². The highest BCUT2D eigenvalue weighted by molar-refractivity contribution is 5.27. The van der Waals surface area contributed by atoms with Crippen LogP contribution >= 0.6 is 0 Å². The van der Waals surface area contributed by atoms with Crippen LogP contribution in [0, 0.1) is 0 Å². The van der Waals surface area contributed by atoms with Crippen LogP contribution in [0.3, 0.4) is 0 Å². The molecule has 0 atom stereocenters. The number of rotatable bonds is 7. The number of ether oxygens (including phenoxy) is 1. The molecule has 0 amide bonds. The highest BCUT2D eigenvalue weighted by Crippen LogP contribution is 2.13. The highest BCUT2D eigenvalue weighted by Gasteiger charge is 2.30.